The van der Waals surface area contributed by atoms with Crippen LogP contribution in [0.5, 0.6) is 0 Å². The molecule has 0 saturated carbocycles. The van der Waals surface area contributed by atoms with E-state index < -0.39 is 10.9 Å². The van der Waals surface area contributed by atoms with Crippen molar-refractivity contribution in [2.75, 3.05) is 0 Å². The summed E-state index contributed by atoms with van der Waals surface area (Å²) in [5.41, 5.74) is 1.33. The minimum atomic E-state index is -0.598. The minimum absolute atomic E-state index is 0.00830. The van der Waals surface area contributed by atoms with Gasteiger partial charge in [0.25, 0.3) is 5.69 Å². The van der Waals surface area contributed by atoms with Crippen LogP contribution in [0.15, 0.2) is 65.3 Å². The molecule has 0 fully saturated rings. The van der Waals surface area contributed by atoms with Crippen molar-refractivity contribution in [2.45, 2.75) is 0 Å². The molecule has 0 spiro atoms. The quantitative estimate of drug-likeness (QED) is 0.326. The number of nitrogens with zero attached hydrogens (tertiary/aromatic N) is 2. The van der Waals surface area contributed by atoms with Crippen molar-refractivity contribution < 1.29 is 14.5 Å². The van der Waals surface area contributed by atoms with Crippen LogP contribution in [0.1, 0.15) is 11.1 Å². The Morgan fingerprint density at radius 1 is 1.12 bits per heavy atom. The van der Waals surface area contributed by atoms with Crippen molar-refractivity contribution in [2.24, 2.45) is 4.99 Å². The molecule has 3 rings (SSSR count). The van der Waals surface area contributed by atoms with Crippen LogP contribution in [0.25, 0.3) is 6.08 Å². The first-order valence-corrected chi connectivity index (χ1v) is 8.09. The molecule has 0 aliphatic carbocycles. The van der Waals surface area contributed by atoms with E-state index in [9.17, 15) is 14.9 Å². The standard InChI is InChI=1S/C18H10Cl2N2O4/c19-12-6-9-14(15(20)10-12)17-21-16(18(23)26-17)3-1-2-11-4-7-13(8-5-11)22(24)25/h1-10H/b2-1+,16-3-. The van der Waals surface area contributed by atoms with Gasteiger partial charge >= 0.3 is 5.97 Å². The molecule has 1 aliphatic heterocycles. The van der Waals surface area contributed by atoms with Gasteiger partial charge in [0.1, 0.15) is 0 Å². The highest BCUT2D eigenvalue weighted by Gasteiger charge is 2.25. The first kappa shape index (κ1) is 17.8. The Balaban J connectivity index is 1.79. The van der Waals surface area contributed by atoms with E-state index in [1.165, 1.54) is 24.3 Å². The van der Waals surface area contributed by atoms with E-state index >= 15 is 0 Å². The van der Waals surface area contributed by atoms with Gasteiger partial charge in [-0.25, -0.2) is 9.79 Å². The second-order valence-electron chi connectivity index (χ2n) is 5.19. The number of nitro groups is 1. The van der Waals surface area contributed by atoms with Crippen LogP contribution in [-0.4, -0.2) is 16.8 Å². The second-order valence-corrected chi connectivity index (χ2v) is 6.03. The lowest BCUT2D eigenvalue weighted by atomic mass is 10.2. The van der Waals surface area contributed by atoms with Crippen molar-refractivity contribution in [3.63, 3.8) is 0 Å². The fourth-order valence-electron chi connectivity index (χ4n) is 2.16. The number of carbonyl (C=O) groups excluding carboxylic acids is 1. The third kappa shape index (κ3) is 3.99. The zero-order chi connectivity index (χ0) is 18.7. The molecule has 1 aliphatic rings. The zero-order valence-electron chi connectivity index (χ0n) is 13.1. The highest BCUT2D eigenvalue weighted by atomic mass is 35.5. The van der Waals surface area contributed by atoms with E-state index in [4.69, 9.17) is 27.9 Å². The van der Waals surface area contributed by atoms with E-state index in [1.54, 1.807) is 36.4 Å². The number of hydrogen-bond acceptors (Lipinski definition) is 5. The molecular weight excluding hydrogens is 379 g/mol. The summed E-state index contributed by atoms with van der Waals surface area (Å²) in [5, 5.41) is 11.4. The Hall–Kier alpha value is -2.96. The van der Waals surface area contributed by atoms with Crippen LogP contribution in [-0.2, 0) is 9.53 Å². The third-order valence-corrected chi connectivity index (χ3v) is 3.98. The number of carbonyl (C=O) groups is 1. The first-order valence-electron chi connectivity index (χ1n) is 7.33. The maximum atomic E-state index is 11.9. The number of ether oxygens (including phenoxy) is 1. The predicted molar refractivity (Wildman–Crippen MR) is 99.3 cm³/mol. The lowest BCUT2D eigenvalue weighted by Gasteiger charge is -2.02. The Kier molecular flexibility index (Phi) is 5.16. The number of cyclic esters (lactones) is 1. The molecule has 6 nitrogen and oxygen atoms in total. The molecule has 0 N–H and O–H groups in total. The fourth-order valence-corrected chi connectivity index (χ4v) is 2.65. The van der Waals surface area contributed by atoms with Crippen LogP contribution < -0.4 is 0 Å². The Labute approximate surface area is 158 Å². The van der Waals surface area contributed by atoms with E-state index in [0.717, 1.165) is 5.56 Å². The predicted octanol–water partition coefficient (Wildman–Crippen LogP) is 4.80. The molecule has 0 amide bonds. The van der Waals surface area contributed by atoms with E-state index in [0.29, 0.717) is 15.6 Å². The van der Waals surface area contributed by atoms with Gasteiger partial charge in [0.15, 0.2) is 5.70 Å². The topological polar surface area (TPSA) is 81.8 Å². The van der Waals surface area contributed by atoms with Gasteiger partial charge in [0.05, 0.1) is 15.5 Å². The van der Waals surface area contributed by atoms with Crippen LogP contribution in [0.3, 0.4) is 0 Å². The molecule has 0 bridgehead atoms. The van der Waals surface area contributed by atoms with Crippen molar-refractivity contribution in [1.29, 1.82) is 0 Å². The molecule has 2 aromatic carbocycles. The number of allylic oxidation sites excluding steroid dienone is 2. The summed E-state index contributed by atoms with van der Waals surface area (Å²) in [6.45, 7) is 0. The number of nitro benzene ring substituents is 1. The fraction of sp³-hybridized carbons (Fsp3) is 0. The van der Waals surface area contributed by atoms with Gasteiger partial charge < -0.3 is 4.74 Å². The Bertz CT molecular complexity index is 979. The van der Waals surface area contributed by atoms with E-state index in [2.05, 4.69) is 4.99 Å². The van der Waals surface area contributed by atoms with Crippen molar-refractivity contribution in [3.05, 3.63) is 91.6 Å². The van der Waals surface area contributed by atoms with Crippen molar-refractivity contribution >= 4 is 46.8 Å². The largest absolute Gasteiger partial charge is 0.402 e. The monoisotopic (exact) mass is 388 g/mol. The van der Waals surface area contributed by atoms with Crippen LogP contribution in [0, 0.1) is 10.1 Å². The normalized spacial score (nSPS) is 15.4. The summed E-state index contributed by atoms with van der Waals surface area (Å²) in [6.07, 6.45) is 4.78. The van der Waals surface area contributed by atoms with Crippen molar-refractivity contribution in [3.8, 4) is 0 Å². The average Bonchev–Trinajstić information content (AvgIpc) is 2.96. The maximum Gasteiger partial charge on any atom is 0.363 e. The summed E-state index contributed by atoms with van der Waals surface area (Å²) < 4.78 is 5.13. The summed E-state index contributed by atoms with van der Waals surface area (Å²) in [6, 6.07) is 10.8. The Morgan fingerprint density at radius 3 is 2.50 bits per heavy atom. The van der Waals surface area contributed by atoms with Gasteiger partial charge in [0.2, 0.25) is 5.90 Å². The lowest BCUT2D eigenvalue weighted by molar-refractivity contribution is -0.384. The summed E-state index contributed by atoms with van der Waals surface area (Å²) in [4.78, 5) is 26.2. The van der Waals surface area contributed by atoms with E-state index in [1.807, 2.05) is 0 Å². The van der Waals surface area contributed by atoms with Gasteiger partial charge in [-0.1, -0.05) is 35.4 Å². The molecule has 2 aromatic rings. The van der Waals surface area contributed by atoms with E-state index in [-0.39, 0.29) is 17.3 Å². The van der Waals surface area contributed by atoms with Gasteiger partial charge in [-0.2, -0.15) is 0 Å². The molecule has 26 heavy (non-hydrogen) atoms. The summed E-state index contributed by atoms with van der Waals surface area (Å²) in [7, 11) is 0. The number of benzene rings is 2. The number of non-ortho nitro benzene ring substituents is 1. The zero-order valence-corrected chi connectivity index (χ0v) is 14.6. The molecule has 0 atom stereocenters. The summed E-state index contributed by atoms with van der Waals surface area (Å²) in [5.74, 6) is -0.494. The van der Waals surface area contributed by atoms with Gasteiger partial charge in [-0.15, -0.1) is 0 Å². The number of hydrogen-bond donors (Lipinski definition) is 0. The second kappa shape index (κ2) is 7.51. The average molecular weight is 389 g/mol. The molecule has 0 aromatic heterocycles. The molecule has 8 heteroatoms. The van der Waals surface area contributed by atoms with Crippen LogP contribution >= 0.6 is 23.2 Å². The summed E-state index contributed by atoms with van der Waals surface area (Å²) >= 11 is 11.9. The maximum absolute atomic E-state index is 11.9. The number of aliphatic imine (C=N–C) groups is 1. The number of halogens is 2. The highest BCUT2D eigenvalue weighted by molar-refractivity contribution is 6.37. The highest BCUT2D eigenvalue weighted by Crippen LogP contribution is 2.25. The molecule has 130 valence electrons. The molecule has 0 saturated heterocycles. The smallest absolute Gasteiger partial charge is 0.363 e. The van der Waals surface area contributed by atoms with Crippen molar-refractivity contribution in [1.82, 2.24) is 0 Å². The lowest BCUT2D eigenvalue weighted by Crippen LogP contribution is -2.05. The van der Waals surface area contributed by atoms with Gasteiger partial charge in [0, 0.05) is 17.2 Å². The van der Waals surface area contributed by atoms with Gasteiger partial charge in [-0.3, -0.25) is 10.1 Å². The van der Waals surface area contributed by atoms with Crippen LogP contribution in [0.4, 0.5) is 5.69 Å². The molecular formula is C18H10Cl2N2O4. The number of rotatable bonds is 4. The first-order chi connectivity index (χ1) is 12.4. The Morgan fingerprint density at radius 2 is 1.85 bits per heavy atom. The van der Waals surface area contributed by atoms with Gasteiger partial charge in [-0.05, 0) is 42.0 Å². The molecule has 0 unspecified atom stereocenters. The molecule has 1 heterocycles. The number of esters is 1. The third-order valence-electron chi connectivity index (χ3n) is 3.43. The van der Waals surface area contributed by atoms with Crippen LogP contribution in [0.2, 0.25) is 10.0 Å². The minimum Gasteiger partial charge on any atom is -0.402 e. The molecule has 0 radical (unpaired) electrons. The SMILES string of the molecule is O=C1OC(c2ccc(Cl)cc2Cl)=N/C1=C\C=C\c1ccc([N+](=O)[O-])cc1.